The molecule has 0 aliphatic heterocycles. The van der Waals surface area contributed by atoms with E-state index in [0.717, 1.165) is 11.1 Å². The molecule has 2 amide bonds. The number of carbonyl (C=O) groups excluding carboxylic acids is 3. The average Bonchev–Trinajstić information content (AvgIpc) is 3.02. The Balaban J connectivity index is 0.00000137. The van der Waals surface area contributed by atoms with Crippen molar-refractivity contribution in [3.8, 4) is 0 Å². The molecule has 0 saturated carbocycles. The maximum Gasteiger partial charge on any atom is 0.490 e. The Bertz CT molecular complexity index is 1360. The molecule has 13 nitrogen and oxygen atoms in total. The van der Waals surface area contributed by atoms with E-state index in [1.165, 1.54) is 0 Å². The predicted octanol–water partition coefficient (Wildman–Crippen LogP) is 1.90. The van der Waals surface area contributed by atoms with E-state index in [1.54, 1.807) is 0 Å². The monoisotopic (exact) mass is 728 g/mol. The summed E-state index contributed by atoms with van der Waals surface area (Å²) in [5.41, 5.74) is 18.5. The zero-order chi connectivity index (χ0) is 37.8. The fraction of sp³-hybridized carbons (Fsp3) is 0.379. The van der Waals surface area contributed by atoms with Crippen LogP contribution in [-0.4, -0.2) is 88.6 Å². The van der Waals surface area contributed by atoms with E-state index in [2.05, 4.69) is 15.6 Å². The van der Waals surface area contributed by atoms with Gasteiger partial charge in [0.2, 0.25) is 11.8 Å². The van der Waals surface area contributed by atoms with Crippen molar-refractivity contribution in [3.05, 3.63) is 71.8 Å². The number of hydrogen-bond donors (Lipinski definition) is 7. The van der Waals surface area contributed by atoms with Gasteiger partial charge in [0, 0.05) is 13.0 Å². The number of nitrogens with two attached hydrogens (primary N) is 3. The van der Waals surface area contributed by atoms with Crippen molar-refractivity contribution in [3.63, 3.8) is 0 Å². The Kier molecular flexibility index (Phi) is 19.7. The average molecular weight is 729 g/mol. The van der Waals surface area contributed by atoms with Crippen LogP contribution < -0.4 is 27.8 Å². The van der Waals surface area contributed by atoms with Crippen LogP contribution in [0.5, 0.6) is 0 Å². The van der Waals surface area contributed by atoms with Crippen molar-refractivity contribution in [2.45, 2.75) is 56.2 Å². The molecule has 2 rings (SSSR count). The lowest BCUT2D eigenvalue weighted by molar-refractivity contribution is -0.193. The summed E-state index contributed by atoms with van der Waals surface area (Å²) >= 11 is 5.75. The Morgan fingerprint density at radius 1 is 0.735 bits per heavy atom. The fourth-order valence-corrected chi connectivity index (χ4v) is 3.67. The number of carbonyl (C=O) groups is 5. The van der Waals surface area contributed by atoms with Gasteiger partial charge >= 0.3 is 24.3 Å². The van der Waals surface area contributed by atoms with E-state index < -0.39 is 54.2 Å². The van der Waals surface area contributed by atoms with Gasteiger partial charge in [-0.2, -0.15) is 26.3 Å². The van der Waals surface area contributed by atoms with Crippen molar-refractivity contribution in [1.29, 1.82) is 0 Å². The molecule has 0 aliphatic rings. The van der Waals surface area contributed by atoms with Crippen molar-refractivity contribution in [2.24, 2.45) is 22.2 Å². The summed E-state index contributed by atoms with van der Waals surface area (Å²) in [6, 6.07) is 16.0. The standard InChI is InChI=1S/C25H33ClN6O3.2C2HF3O2/c26-16-22(33)20(12-7-13-30-25(28)29)31-24(35)21(15-18-10-5-2-6-11-18)32-23(34)19(27)14-17-8-3-1-4-9-17;2*3-2(4,5)1(6)7/h1-6,8-11,19-21H,7,12-16,27H2,(H,31,35)(H,32,34)(H4,28,29,30);2*(H,6,7). The number of halogens is 7. The molecular weight excluding hydrogens is 694 g/mol. The van der Waals surface area contributed by atoms with E-state index in [4.69, 9.17) is 48.6 Å². The number of ketones is 1. The fourth-order valence-electron chi connectivity index (χ4n) is 3.48. The number of nitrogens with zero attached hydrogens (tertiary/aromatic N) is 1. The molecule has 3 atom stereocenters. The summed E-state index contributed by atoms with van der Waals surface area (Å²) in [6.45, 7) is 0.308. The van der Waals surface area contributed by atoms with Gasteiger partial charge in [-0.05, 0) is 30.4 Å². The second kappa shape index (κ2) is 21.9. The van der Waals surface area contributed by atoms with Crippen molar-refractivity contribution in [2.75, 3.05) is 12.4 Å². The Morgan fingerprint density at radius 2 is 1.14 bits per heavy atom. The highest BCUT2D eigenvalue weighted by atomic mass is 35.5. The molecule has 0 saturated heterocycles. The number of Topliss-reactive ketones (excluding diaryl/α,β-unsaturated/α-hetero) is 1. The van der Waals surface area contributed by atoms with Crippen LogP contribution in [0.1, 0.15) is 24.0 Å². The van der Waals surface area contributed by atoms with Gasteiger partial charge < -0.3 is 38.0 Å². The summed E-state index contributed by atoms with van der Waals surface area (Å²) in [5.74, 6) is -7.12. The number of guanidine groups is 1. The highest BCUT2D eigenvalue weighted by molar-refractivity contribution is 6.28. The molecule has 2 aromatic carbocycles. The highest BCUT2D eigenvalue weighted by Gasteiger charge is 2.39. The van der Waals surface area contributed by atoms with E-state index in [-0.39, 0.29) is 24.0 Å². The molecule has 272 valence electrons. The lowest BCUT2D eigenvalue weighted by Gasteiger charge is -2.24. The number of carboxylic acid groups (broad SMARTS) is 2. The lowest BCUT2D eigenvalue weighted by atomic mass is 10.0. The van der Waals surface area contributed by atoms with Gasteiger partial charge in [0.25, 0.3) is 0 Å². The van der Waals surface area contributed by atoms with Crippen LogP contribution in [0.3, 0.4) is 0 Å². The summed E-state index contributed by atoms with van der Waals surface area (Å²) in [5, 5.41) is 19.7. The minimum Gasteiger partial charge on any atom is -0.475 e. The van der Waals surface area contributed by atoms with E-state index >= 15 is 0 Å². The number of alkyl halides is 7. The van der Waals surface area contributed by atoms with E-state index in [9.17, 15) is 40.7 Å². The number of amides is 2. The minimum atomic E-state index is -5.08. The number of benzene rings is 2. The number of carboxylic acids is 2. The first-order valence-corrected chi connectivity index (χ1v) is 14.4. The Hall–Kier alpha value is -4.91. The van der Waals surface area contributed by atoms with Gasteiger partial charge in [-0.25, -0.2) is 9.59 Å². The third kappa shape index (κ3) is 20.1. The first kappa shape index (κ1) is 44.1. The van der Waals surface area contributed by atoms with Crippen LogP contribution >= 0.6 is 11.6 Å². The molecule has 2 aromatic rings. The zero-order valence-electron chi connectivity index (χ0n) is 25.5. The molecule has 0 aromatic heterocycles. The SMILES string of the molecule is NC(N)=NCCCC(NC(=O)C(Cc1ccccc1)NC(=O)C(N)Cc1ccccc1)C(=O)CCl.O=C(O)C(F)(F)F.O=C(O)C(F)(F)F. The number of hydrogen-bond acceptors (Lipinski definition) is 7. The normalized spacial score (nSPS) is 12.7. The quantitative estimate of drug-likeness (QED) is 0.0490. The lowest BCUT2D eigenvalue weighted by Crippen LogP contribution is -2.55. The molecule has 10 N–H and O–H groups in total. The molecule has 0 radical (unpaired) electrons. The largest absolute Gasteiger partial charge is 0.490 e. The van der Waals surface area contributed by atoms with Crippen LogP contribution in [0.25, 0.3) is 0 Å². The van der Waals surface area contributed by atoms with Gasteiger partial charge in [-0.1, -0.05) is 60.7 Å². The number of nitrogens with one attached hydrogen (secondary N) is 2. The summed E-state index contributed by atoms with van der Waals surface area (Å²) in [6.07, 6.45) is -8.85. The first-order valence-electron chi connectivity index (χ1n) is 13.9. The van der Waals surface area contributed by atoms with Crippen LogP contribution in [0.4, 0.5) is 26.3 Å². The smallest absolute Gasteiger partial charge is 0.475 e. The maximum absolute atomic E-state index is 13.2. The molecule has 3 unspecified atom stereocenters. The number of aliphatic imine (C=N–C) groups is 1. The molecule has 0 heterocycles. The molecular formula is C29H35ClF6N6O7. The second-order valence-corrected chi connectivity index (χ2v) is 10.0. The summed E-state index contributed by atoms with van der Waals surface area (Å²) in [4.78, 5) is 60.1. The number of aliphatic carboxylic acids is 2. The molecule has 0 aliphatic carbocycles. The van der Waals surface area contributed by atoms with Crippen molar-refractivity contribution < 1.29 is 60.5 Å². The zero-order valence-corrected chi connectivity index (χ0v) is 26.3. The Morgan fingerprint density at radius 3 is 1.53 bits per heavy atom. The second-order valence-electron chi connectivity index (χ2n) is 9.76. The van der Waals surface area contributed by atoms with Gasteiger partial charge in [-0.3, -0.25) is 19.4 Å². The van der Waals surface area contributed by atoms with Gasteiger partial charge in [0.05, 0.1) is 18.0 Å². The third-order valence-electron chi connectivity index (χ3n) is 5.82. The highest BCUT2D eigenvalue weighted by Crippen LogP contribution is 2.14. The predicted molar refractivity (Wildman–Crippen MR) is 165 cm³/mol. The summed E-state index contributed by atoms with van der Waals surface area (Å²) < 4.78 is 63.5. The van der Waals surface area contributed by atoms with E-state index in [0.29, 0.717) is 25.8 Å². The maximum atomic E-state index is 13.2. The van der Waals surface area contributed by atoms with Crippen molar-refractivity contribution in [1.82, 2.24) is 10.6 Å². The van der Waals surface area contributed by atoms with Crippen molar-refractivity contribution >= 4 is 47.1 Å². The van der Waals surface area contributed by atoms with Crippen LogP contribution in [0, 0.1) is 0 Å². The molecule has 49 heavy (non-hydrogen) atoms. The third-order valence-corrected chi connectivity index (χ3v) is 6.08. The van der Waals surface area contributed by atoms with Gasteiger partial charge in [-0.15, -0.1) is 11.6 Å². The van der Waals surface area contributed by atoms with Gasteiger partial charge in [0.15, 0.2) is 11.7 Å². The summed E-state index contributed by atoms with van der Waals surface area (Å²) in [7, 11) is 0. The molecule has 0 fully saturated rings. The topological polar surface area (TPSA) is 240 Å². The Labute approximate surface area is 280 Å². The van der Waals surface area contributed by atoms with Crippen LogP contribution in [0.2, 0.25) is 0 Å². The van der Waals surface area contributed by atoms with Crippen LogP contribution in [0.15, 0.2) is 65.7 Å². The first-order chi connectivity index (χ1) is 22.7. The number of rotatable bonds is 14. The molecule has 0 bridgehead atoms. The minimum absolute atomic E-state index is 0.0493. The molecule has 0 spiro atoms. The molecule has 20 heteroatoms. The van der Waals surface area contributed by atoms with Crippen LogP contribution in [-0.2, 0) is 36.8 Å². The van der Waals surface area contributed by atoms with E-state index in [1.807, 2.05) is 60.7 Å². The van der Waals surface area contributed by atoms with Gasteiger partial charge in [0.1, 0.15) is 6.04 Å².